The number of hydrogen-bond acceptors (Lipinski definition) is 3. The van der Waals surface area contributed by atoms with Crippen molar-refractivity contribution >= 4 is 11.3 Å². The van der Waals surface area contributed by atoms with Gasteiger partial charge in [-0.1, -0.05) is 19.8 Å². The van der Waals surface area contributed by atoms with E-state index in [0.29, 0.717) is 12.1 Å². The molecule has 1 aliphatic rings. The average molecular weight is 267 g/mol. The predicted molar refractivity (Wildman–Crippen MR) is 78.3 cm³/mol. The Kier molecular flexibility index (Phi) is 5.67. The van der Waals surface area contributed by atoms with Gasteiger partial charge in [0, 0.05) is 22.3 Å². The molecule has 2 rings (SSSR count). The molecule has 0 spiro atoms. The Bertz CT molecular complexity index is 344. The number of rotatable bonds is 7. The molecule has 1 aliphatic carbocycles. The summed E-state index contributed by atoms with van der Waals surface area (Å²) in [6, 6.07) is 4.94. The molecule has 0 saturated heterocycles. The van der Waals surface area contributed by atoms with Crippen molar-refractivity contribution < 1.29 is 4.74 Å². The first-order chi connectivity index (χ1) is 8.79. The Balaban J connectivity index is 1.63. The summed E-state index contributed by atoms with van der Waals surface area (Å²) in [4.78, 5) is 2.91. The van der Waals surface area contributed by atoms with Crippen LogP contribution in [-0.2, 0) is 11.2 Å². The number of aryl methyl sites for hydroxylation is 1. The van der Waals surface area contributed by atoms with Gasteiger partial charge >= 0.3 is 0 Å². The second kappa shape index (κ2) is 7.27. The predicted octanol–water partition coefficient (Wildman–Crippen LogP) is 3.92. The van der Waals surface area contributed by atoms with Crippen molar-refractivity contribution in [2.45, 2.75) is 58.1 Å². The third-order valence-corrected chi connectivity index (χ3v) is 5.08. The summed E-state index contributed by atoms with van der Waals surface area (Å²) in [5.74, 6) is 0. The van der Waals surface area contributed by atoms with E-state index in [-0.39, 0.29) is 0 Å². The third kappa shape index (κ3) is 4.08. The molecule has 0 bridgehead atoms. The van der Waals surface area contributed by atoms with E-state index in [0.717, 1.165) is 19.6 Å². The zero-order chi connectivity index (χ0) is 12.8. The lowest BCUT2D eigenvalue weighted by atomic mass is 10.2. The van der Waals surface area contributed by atoms with Crippen LogP contribution in [0.4, 0.5) is 0 Å². The molecule has 2 nitrogen and oxygen atoms in total. The van der Waals surface area contributed by atoms with Crippen LogP contribution in [0.1, 0.15) is 55.3 Å². The highest BCUT2D eigenvalue weighted by atomic mass is 32.1. The smallest absolute Gasteiger partial charge is 0.0594 e. The fourth-order valence-corrected chi connectivity index (χ4v) is 3.45. The SMILES string of the molecule is CCc1ccc(C(C)NCCOC2CCCC2)s1. The van der Waals surface area contributed by atoms with Crippen molar-refractivity contribution in [1.82, 2.24) is 5.32 Å². The summed E-state index contributed by atoms with van der Waals surface area (Å²) in [5.41, 5.74) is 0. The summed E-state index contributed by atoms with van der Waals surface area (Å²) >= 11 is 1.92. The molecule has 1 aromatic rings. The first kappa shape index (κ1) is 14.0. The van der Waals surface area contributed by atoms with Crippen molar-refractivity contribution in [3.8, 4) is 0 Å². The first-order valence-electron chi connectivity index (χ1n) is 7.23. The van der Waals surface area contributed by atoms with Gasteiger partial charge < -0.3 is 10.1 Å². The van der Waals surface area contributed by atoms with Crippen LogP contribution < -0.4 is 5.32 Å². The standard InChI is InChI=1S/C15H25NOS/c1-3-14-8-9-15(18-14)12(2)16-10-11-17-13-6-4-5-7-13/h8-9,12-13,16H,3-7,10-11H2,1-2H3. The van der Waals surface area contributed by atoms with Gasteiger partial charge in [-0.05, 0) is 38.3 Å². The maximum atomic E-state index is 5.86. The lowest BCUT2D eigenvalue weighted by molar-refractivity contribution is 0.0594. The molecular formula is C15H25NOS. The Hall–Kier alpha value is -0.380. The van der Waals surface area contributed by atoms with Gasteiger partial charge in [0.2, 0.25) is 0 Å². The molecule has 1 unspecified atom stereocenters. The van der Waals surface area contributed by atoms with Gasteiger partial charge in [-0.3, -0.25) is 0 Å². The minimum atomic E-state index is 0.447. The summed E-state index contributed by atoms with van der Waals surface area (Å²) in [7, 11) is 0. The Morgan fingerprint density at radius 3 is 2.83 bits per heavy atom. The Labute approximate surface area is 115 Å². The topological polar surface area (TPSA) is 21.3 Å². The van der Waals surface area contributed by atoms with Crippen molar-refractivity contribution in [2.75, 3.05) is 13.2 Å². The molecule has 102 valence electrons. The molecule has 0 amide bonds. The van der Waals surface area contributed by atoms with Gasteiger partial charge in [-0.15, -0.1) is 11.3 Å². The fourth-order valence-electron chi connectivity index (χ4n) is 2.47. The number of thiophene rings is 1. The first-order valence-corrected chi connectivity index (χ1v) is 8.05. The molecule has 1 atom stereocenters. The van der Waals surface area contributed by atoms with E-state index in [1.807, 2.05) is 11.3 Å². The maximum absolute atomic E-state index is 5.86. The number of nitrogens with one attached hydrogen (secondary N) is 1. The van der Waals surface area contributed by atoms with Gasteiger partial charge in [0.25, 0.3) is 0 Å². The number of hydrogen-bond donors (Lipinski definition) is 1. The minimum Gasteiger partial charge on any atom is -0.377 e. The van der Waals surface area contributed by atoms with Gasteiger partial charge in [0.15, 0.2) is 0 Å². The van der Waals surface area contributed by atoms with Crippen LogP contribution in [0.3, 0.4) is 0 Å². The van der Waals surface area contributed by atoms with Gasteiger partial charge in [0.1, 0.15) is 0 Å². The van der Waals surface area contributed by atoms with Crippen molar-refractivity contribution in [3.05, 3.63) is 21.9 Å². The molecule has 0 radical (unpaired) electrons. The summed E-state index contributed by atoms with van der Waals surface area (Å²) in [5, 5.41) is 3.55. The van der Waals surface area contributed by atoms with Gasteiger partial charge in [-0.25, -0.2) is 0 Å². The van der Waals surface area contributed by atoms with Crippen LogP contribution in [0.2, 0.25) is 0 Å². The molecule has 1 saturated carbocycles. The van der Waals surface area contributed by atoms with E-state index >= 15 is 0 Å². The lowest BCUT2D eigenvalue weighted by Crippen LogP contribution is -2.24. The molecule has 1 fully saturated rings. The summed E-state index contributed by atoms with van der Waals surface area (Å²) in [6.07, 6.45) is 6.91. The summed E-state index contributed by atoms with van der Waals surface area (Å²) in [6.45, 7) is 6.25. The molecule has 1 aromatic heterocycles. The van der Waals surface area contributed by atoms with E-state index in [1.54, 1.807) is 0 Å². The van der Waals surface area contributed by atoms with Crippen molar-refractivity contribution in [2.24, 2.45) is 0 Å². The Morgan fingerprint density at radius 2 is 2.17 bits per heavy atom. The molecule has 1 N–H and O–H groups in total. The van der Waals surface area contributed by atoms with Crippen LogP contribution in [0, 0.1) is 0 Å². The van der Waals surface area contributed by atoms with Gasteiger partial charge in [0.05, 0.1) is 12.7 Å². The molecule has 18 heavy (non-hydrogen) atoms. The molecule has 1 heterocycles. The van der Waals surface area contributed by atoms with Crippen LogP contribution in [0.5, 0.6) is 0 Å². The highest BCUT2D eigenvalue weighted by molar-refractivity contribution is 7.12. The highest BCUT2D eigenvalue weighted by Gasteiger charge is 2.15. The third-order valence-electron chi connectivity index (χ3n) is 3.67. The van der Waals surface area contributed by atoms with E-state index in [4.69, 9.17) is 4.74 Å². The van der Waals surface area contributed by atoms with Crippen molar-refractivity contribution in [3.63, 3.8) is 0 Å². The van der Waals surface area contributed by atoms with Crippen molar-refractivity contribution in [1.29, 1.82) is 0 Å². The van der Waals surface area contributed by atoms with Crippen LogP contribution in [-0.4, -0.2) is 19.3 Å². The quantitative estimate of drug-likeness (QED) is 0.756. The van der Waals surface area contributed by atoms with E-state index < -0.39 is 0 Å². The van der Waals surface area contributed by atoms with E-state index in [2.05, 4.69) is 31.3 Å². The van der Waals surface area contributed by atoms with Crippen LogP contribution in [0.25, 0.3) is 0 Å². The molecule has 0 aromatic carbocycles. The minimum absolute atomic E-state index is 0.447. The summed E-state index contributed by atoms with van der Waals surface area (Å²) < 4.78 is 5.86. The second-order valence-corrected chi connectivity index (χ2v) is 6.31. The second-order valence-electron chi connectivity index (χ2n) is 5.11. The monoisotopic (exact) mass is 267 g/mol. The lowest BCUT2D eigenvalue weighted by Gasteiger charge is -2.14. The average Bonchev–Trinajstić information content (AvgIpc) is 3.05. The number of ether oxygens (including phenoxy) is 1. The highest BCUT2D eigenvalue weighted by Crippen LogP contribution is 2.23. The molecule has 3 heteroatoms. The zero-order valence-corrected chi connectivity index (χ0v) is 12.4. The fraction of sp³-hybridized carbons (Fsp3) is 0.733. The van der Waals surface area contributed by atoms with Gasteiger partial charge in [-0.2, -0.15) is 0 Å². The normalized spacial score (nSPS) is 18.3. The van der Waals surface area contributed by atoms with Crippen LogP contribution in [0.15, 0.2) is 12.1 Å². The largest absolute Gasteiger partial charge is 0.377 e. The Morgan fingerprint density at radius 1 is 1.39 bits per heavy atom. The zero-order valence-electron chi connectivity index (χ0n) is 11.6. The van der Waals surface area contributed by atoms with E-state index in [9.17, 15) is 0 Å². The molecule has 0 aliphatic heterocycles. The molecular weight excluding hydrogens is 242 g/mol. The van der Waals surface area contributed by atoms with E-state index in [1.165, 1.54) is 35.4 Å². The maximum Gasteiger partial charge on any atom is 0.0594 e. The van der Waals surface area contributed by atoms with Crippen LogP contribution >= 0.6 is 11.3 Å².